The minimum absolute atomic E-state index is 0.0514. The van der Waals surface area contributed by atoms with Crippen LogP contribution in [0.3, 0.4) is 0 Å². The highest BCUT2D eigenvalue weighted by molar-refractivity contribution is 6.13. The highest BCUT2D eigenvalue weighted by atomic mass is 16.2. The van der Waals surface area contributed by atoms with Gasteiger partial charge >= 0.3 is 0 Å². The Hall–Kier alpha value is -3.49. The number of benzene rings is 1. The van der Waals surface area contributed by atoms with Gasteiger partial charge in [-0.1, -0.05) is 59.2 Å². The van der Waals surface area contributed by atoms with Gasteiger partial charge in [-0.05, 0) is 30.4 Å². The van der Waals surface area contributed by atoms with Gasteiger partial charge in [-0.25, -0.2) is 0 Å². The molecule has 35 heavy (non-hydrogen) atoms. The second kappa shape index (κ2) is 10.8. The predicted molar refractivity (Wildman–Crippen MR) is 133 cm³/mol. The van der Waals surface area contributed by atoms with Crippen molar-refractivity contribution in [3.8, 4) is 0 Å². The lowest BCUT2D eigenvalue weighted by atomic mass is 9.66. The maximum Gasteiger partial charge on any atom is 0.253 e. The molecule has 1 atom stereocenters. The zero-order valence-corrected chi connectivity index (χ0v) is 21.5. The van der Waals surface area contributed by atoms with Crippen LogP contribution >= 0.6 is 0 Å². The standard InChI is InChI=1S/C26H36N4O5/c1-16(2)22(23(34)27-14-19(31)28-18-10-8-17(3)9-11-18)29-24(35)26(6,7)25(4,5)15-30-20(32)12-13-21(30)33/h8-13,16,22H,14-15H2,1-7H3,(H,27,34)(H,28,31)(H,29,35). The maximum atomic E-state index is 13.3. The van der Waals surface area contributed by atoms with Crippen molar-refractivity contribution >= 4 is 35.2 Å². The summed E-state index contributed by atoms with van der Waals surface area (Å²) in [6.45, 7) is 12.4. The molecule has 9 heteroatoms. The SMILES string of the molecule is Cc1ccc(NC(=O)CNC(=O)C(NC(=O)C(C)(C)C(C)(C)CN2C(=O)C=CC2=O)C(C)C)cc1. The van der Waals surface area contributed by atoms with Crippen LogP contribution < -0.4 is 16.0 Å². The Labute approximate surface area is 206 Å². The van der Waals surface area contributed by atoms with Crippen molar-refractivity contribution < 1.29 is 24.0 Å². The first-order valence-corrected chi connectivity index (χ1v) is 11.6. The molecule has 1 heterocycles. The topological polar surface area (TPSA) is 125 Å². The minimum Gasteiger partial charge on any atom is -0.345 e. The third-order valence-corrected chi connectivity index (χ3v) is 6.71. The molecule has 1 aromatic carbocycles. The third kappa shape index (κ3) is 6.77. The van der Waals surface area contributed by atoms with E-state index in [1.165, 1.54) is 12.2 Å². The normalized spacial score (nSPS) is 14.8. The van der Waals surface area contributed by atoms with E-state index in [0.717, 1.165) is 10.5 Å². The Morgan fingerprint density at radius 2 is 1.49 bits per heavy atom. The number of imide groups is 1. The van der Waals surface area contributed by atoms with Crippen molar-refractivity contribution in [2.75, 3.05) is 18.4 Å². The van der Waals surface area contributed by atoms with E-state index in [1.807, 2.05) is 19.1 Å². The number of nitrogens with zero attached hydrogens (tertiary/aromatic N) is 1. The summed E-state index contributed by atoms with van der Waals surface area (Å²) >= 11 is 0. The lowest BCUT2D eigenvalue weighted by Gasteiger charge is -2.42. The molecule has 2 rings (SSSR count). The van der Waals surface area contributed by atoms with E-state index in [-0.39, 0.29) is 24.9 Å². The summed E-state index contributed by atoms with van der Waals surface area (Å²) in [7, 11) is 0. The molecule has 1 aromatic rings. The summed E-state index contributed by atoms with van der Waals surface area (Å²) in [6.07, 6.45) is 2.42. The Bertz CT molecular complexity index is 1010. The van der Waals surface area contributed by atoms with Crippen molar-refractivity contribution in [2.45, 2.75) is 54.5 Å². The molecule has 3 N–H and O–H groups in total. The van der Waals surface area contributed by atoms with E-state index in [2.05, 4.69) is 16.0 Å². The molecule has 0 fully saturated rings. The zero-order chi connectivity index (χ0) is 26.6. The predicted octanol–water partition coefficient (Wildman–Crippen LogP) is 2.17. The zero-order valence-electron chi connectivity index (χ0n) is 21.5. The Balaban J connectivity index is 2.01. The first-order valence-electron chi connectivity index (χ1n) is 11.6. The molecule has 0 radical (unpaired) electrons. The highest BCUT2D eigenvalue weighted by Gasteiger charge is 2.47. The Morgan fingerprint density at radius 3 is 2.00 bits per heavy atom. The van der Waals surface area contributed by atoms with Gasteiger partial charge in [0.05, 0.1) is 12.0 Å². The molecule has 0 saturated heterocycles. The van der Waals surface area contributed by atoms with Crippen molar-refractivity contribution in [3.05, 3.63) is 42.0 Å². The fraction of sp³-hybridized carbons (Fsp3) is 0.500. The van der Waals surface area contributed by atoms with Crippen LogP contribution in [-0.2, 0) is 24.0 Å². The van der Waals surface area contributed by atoms with Gasteiger partial charge in [0.1, 0.15) is 6.04 Å². The molecule has 1 aliphatic rings. The average molecular weight is 485 g/mol. The summed E-state index contributed by atoms with van der Waals surface area (Å²) in [5, 5.41) is 8.11. The van der Waals surface area contributed by atoms with E-state index in [9.17, 15) is 24.0 Å². The molecule has 1 aliphatic heterocycles. The monoisotopic (exact) mass is 484 g/mol. The lowest BCUT2D eigenvalue weighted by Crippen LogP contribution is -2.57. The number of rotatable bonds is 10. The Kier molecular flexibility index (Phi) is 8.59. The van der Waals surface area contributed by atoms with Gasteiger partial charge in [0.25, 0.3) is 11.8 Å². The number of anilines is 1. The Morgan fingerprint density at radius 1 is 0.943 bits per heavy atom. The van der Waals surface area contributed by atoms with Gasteiger partial charge in [0.2, 0.25) is 17.7 Å². The highest BCUT2D eigenvalue weighted by Crippen LogP contribution is 2.40. The lowest BCUT2D eigenvalue weighted by molar-refractivity contribution is -0.146. The quantitative estimate of drug-likeness (QED) is 0.439. The van der Waals surface area contributed by atoms with Gasteiger partial charge in [-0.2, -0.15) is 0 Å². The fourth-order valence-corrected chi connectivity index (χ4v) is 3.46. The van der Waals surface area contributed by atoms with Crippen molar-refractivity contribution in [3.63, 3.8) is 0 Å². The van der Waals surface area contributed by atoms with Crippen molar-refractivity contribution in [1.29, 1.82) is 0 Å². The number of carbonyl (C=O) groups is 5. The van der Waals surface area contributed by atoms with Gasteiger partial charge in [0.15, 0.2) is 0 Å². The number of hydrogen-bond acceptors (Lipinski definition) is 5. The molecule has 1 unspecified atom stereocenters. The minimum atomic E-state index is -1.04. The summed E-state index contributed by atoms with van der Waals surface area (Å²) < 4.78 is 0. The molecular formula is C26H36N4O5. The van der Waals surface area contributed by atoms with Crippen LogP contribution in [0.25, 0.3) is 0 Å². The molecule has 0 bridgehead atoms. The second-order valence-electron chi connectivity index (χ2n) is 10.4. The van der Waals surface area contributed by atoms with Gasteiger partial charge in [-0.3, -0.25) is 28.9 Å². The van der Waals surface area contributed by atoms with E-state index in [0.29, 0.717) is 5.69 Å². The van der Waals surface area contributed by atoms with E-state index in [1.54, 1.807) is 53.7 Å². The third-order valence-electron chi connectivity index (χ3n) is 6.71. The number of aryl methyl sites for hydroxylation is 1. The first-order chi connectivity index (χ1) is 16.2. The van der Waals surface area contributed by atoms with E-state index in [4.69, 9.17) is 0 Å². The summed E-state index contributed by atoms with van der Waals surface area (Å²) in [5.41, 5.74) is -0.141. The molecule has 0 saturated carbocycles. The largest absolute Gasteiger partial charge is 0.345 e. The van der Waals surface area contributed by atoms with Gasteiger partial charge < -0.3 is 16.0 Å². The number of amides is 5. The van der Waals surface area contributed by atoms with Crippen LogP contribution in [0, 0.1) is 23.7 Å². The fourth-order valence-electron chi connectivity index (χ4n) is 3.46. The number of carbonyl (C=O) groups excluding carboxylic acids is 5. The molecular weight excluding hydrogens is 448 g/mol. The van der Waals surface area contributed by atoms with Crippen LogP contribution in [0.4, 0.5) is 5.69 Å². The summed E-state index contributed by atoms with van der Waals surface area (Å²) in [5.74, 6) is -2.33. The molecule has 5 amide bonds. The molecule has 0 aromatic heterocycles. The smallest absolute Gasteiger partial charge is 0.253 e. The van der Waals surface area contributed by atoms with Crippen LogP contribution in [0.5, 0.6) is 0 Å². The van der Waals surface area contributed by atoms with Crippen LogP contribution in [0.1, 0.15) is 47.1 Å². The molecule has 0 aliphatic carbocycles. The second-order valence-corrected chi connectivity index (χ2v) is 10.4. The molecule has 9 nitrogen and oxygen atoms in total. The van der Waals surface area contributed by atoms with Gasteiger partial charge in [0, 0.05) is 24.4 Å². The molecule has 0 spiro atoms. The molecule has 190 valence electrons. The first kappa shape index (κ1) is 27.8. The van der Waals surface area contributed by atoms with Gasteiger partial charge in [-0.15, -0.1) is 0 Å². The van der Waals surface area contributed by atoms with E-state index < -0.39 is 40.5 Å². The van der Waals surface area contributed by atoms with Crippen molar-refractivity contribution in [1.82, 2.24) is 15.5 Å². The van der Waals surface area contributed by atoms with Crippen LogP contribution in [-0.4, -0.2) is 53.6 Å². The number of hydrogen-bond donors (Lipinski definition) is 3. The van der Waals surface area contributed by atoms with E-state index >= 15 is 0 Å². The summed E-state index contributed by atoms with van der Waals surface area (Å²) in [4.78, 5) is 63.5. The van der Waals surface area contributed by atoms with Crippen LogP contribution in [0.15, 0.2) is 36.4 Å². The average Bonchev–Trinajstić information content (AvgIpc) is 3.08. The summed E-state index contributed by atoms with van der Waals surface area (Å²) in [6, 6.07) is 6.41. The number of nitrogens with one attached hydrogen (secondary N) is 3. The van der Waals surface area contributed by atoms with Crippen molar-refractivity contribution in [2.24, 2.45) is 16.7 Å². The van der Waals surface area contributed by atoms with Crippen LogP contribution in [0.2, 0.25) is 0 Å². The maximum absolute atomic E-state index is 13.3.